The second-order valence-electron chi connectivity index (χ2n) is 6.06. The lowest BCUT2D eigenvalue weighted by molar-refractivity contribution is 0.0601. The van der Waals surface area contributed by atoms with Crippen molar-refractivity contribution in [2.75, 3.05) is 37.4 Å². The molecule has 0 spiro atoms. The van der Waals surface area contributed by atoms with E-state index in [2.05, 4.69) is 16.7 Å². The molecule has 2 aliphatic heterocycles. The highest BCUT2D eigenvalue weighted by molar-refractivity contribution is 5.92. The number of nitrogens with zero attached hydrogens (tertiary/aromatic N) is 2. The first-order valence-corrected chi connectivity index (χ1v) is 7.58. The number of ether oxygens (including phenoxy) is 1. The van der Waals surface area contributed by atoms with Crippen LogP contribution in [-0.4, -0.2) is 49.7 Å². The number of benzene rings is 1. The summed E-state index contributed by atoms with van der Waals surface area (Å²) in [4.78, 5) is 16.6. The monoisotopic (exact) mass is 289 g/mol. The number of methoxy groups -OCH3 is 1. The number of rotatable bonds is 2. The van der Waals surface area contributed by atoms with E-state index in [-0.39, 0.29) is 5.97 Å². The smallest absolute Gasteiger partial charge is 0.337 e. The van der Waals surface area contributed by atoms with Crippen LogP contribution in [-0.2, 0) is 4.74 Å². The third-order valence-corrected chi connectivity index (χ3v) is 4.70. The van der Waals surface area contributed by atoms with Crippen LogP contribution in [0, 0.1) is 0 Å². The van der Waals surface area contributed by atoms with E-state index in [1.807, 2.05) is 6.07 Å². The average Bonchev–Trinajstić information content (AvgIpc) is 2.93. The van der Waals surface area contributed by atoms with Crippen molar-refractivity contribution in [2.45, 2.75) is 31.8 Å². The van der Waals surface area contributed by atoms with Crippen molar-refractivity contribution >= 4 is 17.3 Å². The van der Waals surface area contributed by atoms with Crippen molar-refractivity contribution in [1.29, 1.82) is 0 Å². The maximum atomic E-state index is 11.7. The number of carbonyl (C=O) groups excluding carboxylic acids is 1. The Morgan fingerprint density at radius 3 is 2.95 bits per heavy atom. The Labute approximate surface area is 125 Å². The molecule has 2 heterocycles. The first kappa shape index (κ1) is 14.2. The molecule has 21 heavy (non-hydrogen) atoms. The van der Waals surface area contributed by atoms with Crippen LogP contribution in [0.4, 0.5) is 11.4 Å². The molecule has 0 radical (unpaired) electrons. The van der Waals surface area contributed by atoms with E-state index in [1.165, 1.54) is 26.5 Å². The minimum Gasteiger partial charge on any atom is -0.465 e. The number of hydrogen-bond acceptors (Lipinski definition) is 5. The van der Waals surface area contributed by atoms with Crippen LogP contribution in [0.3, 0.4) is 0 Å². The van der Waals surface area contributed by atoms with Gasteiger partial charge >= 0.3 is 5.97 Å². The fraction of sp³-hybridized carbons (Fsp3) is 0.562. The van der Waals surface area contributed by atoms with Gasteiger partial charge in [-0.2, -0.15) is 0 Å². The highest BCUT2D eigenvalue weighted by atomic mass is 16.5. The molecule has 0 saturated carbocycles. The van der Waals surface area contributed by atoms with Gasteiger partial charge in [-0.15, -0.1) is 0 Å². The summed E-state index contributed by atoms with van der Waals surface area (Å²) in [5.41, 5.74) is 8.39. The number of nitrogen functional groups attached to an aromatic ring is 1. The van der Waals surface area contributed by atoms with Gasteiger partial charge in [0, 0.05) is 25.2 Å². The van der Waals surface area contributed by atoms with Gasteiger partial charge in [0.15, 0.2) is 0 Å². The lowest BCUT2D eigenvalue weighted by Gasteiger charge is -2.44. The topological polar surface area (TPSA) is 58.8 Å². The van der Waals surface area contributed by atoms with Gasteiger partial charge in [-0.25, -0.2) is 4.79 Å². The summed E-state index contributed by atoms with van der Waals surface area (Å²) in [7, 11) is 1.40. The number of piperazine rings is 1. The zero-order valence-corrected chi connectivity index (χ0v) is 12.7. The molecule has 2 atom stereocenters. The molecule has 0 bridgehead atoms. The molecule has 1 aromatic carbocycles. The predicted molar refractivity (Wildman–Crippen MR) is 83.6 cm³/mol. The Morgan fingerprint density at radius 2 is 2.19 bits per heavy atom. The van der Waals surface area contributed by atoms with Crippen LogP contribution in [0.15, 0.2) is 18.2 Å². The van der Waals surface area contributed by atoms with E-state index in [0.717, 1.165) is 24.5 Å². The van der Waals surface area contributed by atoms with E-state index in [9.17, 15) is 4.79 Å². The molecule has 114 valence electrons. The third-order valence-electron chi connectivity index (χ3n) is 4.70. The zero-order valence-electron chi connectivity index (χ0n) is 12.7. The molecule has 2 aliphatic rings. The molecule has 5 nitrogen and oxygen atoms in total. The molecular formula is C16H23N3O2. The Balaban J connectivity index is 1.89. The van der Waals surface area contributed by atoms with Crippen molar-refractivity contribution in [3.8, 4) is 0 Å². The molecule has 5 heteroatoms. The Hall–Kier alpha value is -1.75. The summed E-state index contributed by atoms with van der Waals surface area (Å²) in [6, 6.07) is 6.40. The number of nitrogens with two attached hydrogens (primary N) is 1. The summed E-state index contributed by atoms with van der Waals surface area (Å²) < 4.78 is 4.81. The third kappa shape index (κ3) is 2.58. The van der Waals surface area contributed by atoms with Crippen LogP contribution in [0.5, 0.6) is 0 Å². The molecule has 2 N–H and O–H groups in total. The fourth-order valence-corrected chi connectivity index (χ4v) is 3.56. The van der Waals surface area contributed by atoms with Gasteiger partial charge in [0.1, 0.15) is 0 Å². The van der Waals surface area contributed by atoms with Crippen molar-refractivity contribution in [1.82, 2.24) is 4.90 Å². The van der Waals surface area contributed by atoms with E-state index in [1.54, 1.807) is 12.1 Å². The van der Waals surface area contributed by atoms with Crippen LogP contribution in [0.2, 0.25) is 0 Å². The molecule has 0 amide bonds. The average molecular weight is 289 g/mol. The van der Waals surface area contributed by atoms with Crippen LogP contribution in [0.1, 0.15) is 30.1 Å². The van der Waals surface area contributed by atoms with Crippen molar-refractivity contribution in [3.05, 3.63) is 23.8 Å². The van der Waals surface area contributed by atoms with Crippen LogP contribution in [0.25, 0.3) is 0 Å². The zero-order chi connectivity index (χ0) is 15.0. The summed E-state index contributed by atoms with van der Waals surface area (Å²) in [6.07, 6.45) is 2.53. The molecule has 1 aromatic rings. The Morgan fingerprint density at radius 1 is 1.38 bits per heavy atom. The summed E-state index contributed by atoms with van der Waals surface area (Å²) in [5.74, 6) is -0.316. The number of fused-ring (bicyclic) bond motifs is 1. The van der Waals surface area contributed by atoms with Gasteiger partial charge in [-0.05, 0) is 44.5 Å². The van der Waals surface area contributed by atoms with Crippen molar-refractivity contribution in [3.63, 3.8) is 0 Å². The maximum absolute atomic E-state index is 11.7. The van der Waals surface area contributed by atoms with Crippen LogP contribution < -0.4 is 10.6 Å². The molecular weight excluding hydrogens is 266 g/mol. The van der Waals surface area contributed by atoms with Crippen molar-refractivity contribution in [2.24, 2.45) is 0 Å². The van der Waals surface area contributed by atoms with E-state index in [0.29, 0.717) is 17.6 Å². The molecule has 2 unspecified atom stereocenters. The predicted octanol–water partition coefficient (Wildman–Crippen LogP) is 1.73. The fourth-order valence-electron chi connectivity index (χ4n) is 3.56. The highest BCUT2D eigenvalue weighted by Gasteiger charge is 2.35. The van der Waals surface area contributed by atoms with Gasteiger partial charge in [0.25, 0.3) is 0 Å². The van der Waals surface area contributed by atoms with Crippen molar-refractivity contribution < 1.29 is 9.53 Å². The lowest BCUT2D eigenvalue weighted by Crippen LogP contribution is -2.55. The Kier molecular flexibility index (Phi) is 3.76. The molecule has 0 aliphatic carbocycles. The molecule has 2 fully saturated rings. The molecule has 2 saturated heterocycles. The molecule has 0 aromatic heterocycles. The summed E-state index contributed by atoms with van der Waals surface area (Å²) in [6.45, 7) is 5.47. The van der Waals surface area contributed by atoms with Gasteiger partial charge in [0.05, 0.1) is 24.0 Å². The van der Waals surface area contributed by atoms with Gasteiger partial charge in [0.2, 0.25) is 0 Å². The Bertz CT molecular complexity index is 546. The number of hydrogen-bond donors (Lipinski definition) is 1. The second kappa shape index (κ2) is 5.56. The quantitative estimate of drug-likeness (QED) is 0.664. The minimum atomic E-state index is -0.316. The first-order chi connectivity index (χ1) is 10.1. The minimum absolute atomic E-state index is 0.316. The lowest BCUT2D eigenvalue weighted by atomic mass is 10.0. The largest absolute Gasteiger partial charge is 0.465 e. The molecule has 3 rings (SSSR count). The van der Waals surface area contributed by atoms with E-state index < -0.39 is 0 Å². The van der Waals surface area contributed by atoms with Gasteiger partial charge < -0.3 is 15.4 Å². The normalized spacial score (nSPS) is 25.7. The first-order valence-electron chi connectivity index (χ1n) is 7.58. The van der Waals surface area contributed by atoms with E-state index >= 15 is 0 Å². The maximum Gasteiger partial charge on any atom is 0.337 e. The summed E-state index contributed by atoms with van der Waals surface area (Å²) >= 11 is 0. The number of anilines is 2. The van der Waals surface area contributed by atoms with Crippen LogP contribution >= 0.6 is 0 Å². The van der Waals surface area contributed by atoms with E-state index in [4.69, 9.17) is 10.5 Å². The highest BCUT2D eigenvalue weighted by Crippen LogP contribution is 2.32. The summed E-state index contributed by atoms with van der Waals surface area (Å²) in [5, 5.41) is 0. The number of esters is 1. The SMILES string of the molecule is COC(=O)c1ccc(N)c(N2CC3CCCN3CC2C)c1. The van der Waals surface area contributed by atoms with Gasteiger partial charge in [-0.1, -0.05) is 0 Å². The van der Waals surface area contributed by atoms with Gasteiger partial charge in [-0.3, -0.25) is 4.90 Å². The number of carbonyl (C=O) groups is 1. The second-order valence-corrected chi connectivity index (χ2v) is 6.06. The standard InChI is InChI=1S/C16H23N3O2/c1-11-9-18-7-3-4-13(18)10-19(11)15-8-12(16(20)21-2)5-6-14(15)17/h5-6,8,11,13H,3-4,7,9-10,17H2,1-2H3.